The zero-order valence-corrected chi connectivity index (χ0v) is 51.5. The van der Waals surface area contributed by atoms with Crippen molar-refractivity contribution < 1.29 is 41.4 Å². The highest BCUT2D eigenvalue weighted by molar-refractivity contribution is 7.79. The van der Waals surface area contributed by atoms with Crippen LogP contribution >= 0.6 is 23.0 Å². The van der Waals surface area contributed by atoms with Gasteiger partial charge in [0.1, 0.15) is 34.5 Å². The molecule has 84 heavy (non-hydrogen) atoms. The largest absolute Gasteiger partial charge is 0.460 e. The molecule has 0 saturated heterocycles. The summed E-state index contributed by atoms with van der Waals surface area (Å²) >= 11 is 0. The van der Waals surface area contributed by atoms with Crippen molar-refractivity contribution in [3.8, 4) is 34.5 Å². The van der Waals surface area contributed by atoms with E-state index in [-0.39, 0.29) is 0 Å². The normalized spacial score (nSPS) is 12.2. The zero-order chi connectivity index (χ0) is 60.2. The molecule has 1 aliphatic rings. The smallest absolute Gasteiger partial charge is 0.413 e. The van der Waals surface area contributed by atoms with E-state index in [0.29, 0.717) is 34.5 Å². The summed E-state index contributed by atoms with van der Waals surface area (Å²) in [5.41, 5.74) is 3.52. The summed E-state index contributed by atoms with van der Waals surface area (Å²) in [6.45, 7) is 19.2. The first-order chi connectivity index (χ1) is 41.1. The quantitative estimate of drug-likeness (QED) is 0.0773. The van der Waals surface area contributed by atoms with Crippen molar-refractivity contribution in [1.29, 1.82) is 0 Å². The maximum absolute atomic E-state index is 6.74. The average molecular weight is 1190 g/mol. The molecule has 10 rings (SSSR count). The van der Waals surface area contributed by atoms with E-state index in [1.807, 2.05) is 239 Å². The number of benzene rings is 9. The van der Waals surface area contributed by atoms with Crippen molar-refractivity contribution in [2.45, 2.75) is 20.8 Å². The molecule has 12 nitrogen and oxygen atoms in total. The molecule has 0 aliphatic carbocycles. The lowest BCUT2D eigenvalue weighted by Crippen LogP contribution is -2.11. The molecule has 0 spiro atoms. The van der Waals surface area contributed by atoms with Crippen LogP contribution < -0.4 is 27.1 Å². The highest BCUT2D eigenvalue weighted by atomic mass is 31.3. The van der Waals surface area contributed by atoms with Gasteiger partial charge in [0.15, 0.2) is 0 Å². The summed E-state index contributed by atoms with van der Waals surface area (Å²) in [6, 6.07) is 85.4. The lowest BCUT2D eigenvalue weighted by molar-refractivity contribution is 0.215. The molecule has 0 aromatic heterocycles. The van der Waals surface area contributed by atoms with Gasteiger partial charge in [0, 0.05) is 41.2 Å². The van der Waals surface area contributed by atoms with E-state index in [4.69, 9.17) is 40.7 Å². The van der Waals surface area contributed by atoms with Crippen LogP contribution in [0.15, 0.2) is 306 Å². The van der Waals surface area contributed by atoms with E-state index in [1.54, 1.807) is 94.1 Å². The van der Waals surface area contributed by atoms with Crippen LogP contribution in [0.25, 0.3) is 18.2 Å². The molecule has 0 bridgehead atoms. The third-order valence-corrected chi connectivity index (χ3v) is 18.6. The highest BCUT2D eigenvalue weighted by Crippen LogP contribution is 2.78. The minimum absolute atomic E-state index is 0.464. The summed E-state index contributed by atoms with van der Waals surface area (Å²) in [5.74, 6) is 2.78. The molecule has 9 aromatic carbocycles. The summed E-state index contributed by atoms with van der Waals surface area (Å²) in [6.07, 6.45) is 5.50. The molecule has 0 fully saturated rings. The number of nitrogens with zero attached hydrogens (tertiary/aromatic N) is 3. The maximum Gasteiger partial charge on any atom is 0.460 e. The minimum Gasteiger partial charge on any atom is -0.413 e. The number of rotatable bonds is 18. The van der Waals surface area contributed by atoms with Gasteiger partial charge in [-0.1, -0.05) is 252 Å². The van der Waals surface area contributed by atoms with Gasteiger partial charge in [-0.05, 0) is 110 Å². The Kier molecular flexibility index (Phi) is 33.0. The Morgan fingerprint density at radius 1 is 0.262 bits per heavy atom. The lowest BCUT2D eigenvalue weighted by Gasteiger charge is -2.33. The topological polar surface area (TPSA) is 120 Å². The van der Waals surface area contributed by atoms with Crippen LogP contribution in [0.2, 0.25) is 0 Å². The molecular formula is C69H78N3O9P3. The predicted molar refractivity (Wildman–Crippen MR) is 353 cm³/mol. The first-order valence-corrected chi connectivity index (χ1v) is 31.6. The second-order valence-electron chi connectivity index (χ2n) is 16.7. The molecule has 0 unspecified atom stereocenters. The molecule has 0 radical (unpaired) electrons. The van der Waals surface area contributed by atoms with Gasteiger partial charge in [-0.3, -0.25) is 0 Å². The molecule has 0 atom stereocenters. The average Bonchev–Trinajstić information content (AvgIpc) is 2.58. The van der Waals surface area contributed by atoms with E-state index < -0.39 is 23.0 Å². The maximum atomic E-state index is 6.74. The van der Waals surface area contributed by atoms with Crippen molar-refractivity contribution in [2.24, 2.45) is 13.5 Å². The van der Waals surface area contributed by atoms with Crippen LogP contribution in [0.5, 0.6) is 34.5 Å². The van der Waals surface area contributed by atoms with E-state index in [1.165, 1.54) is 16.7 Å². The Labute approximate surface area is 499 Å². The fourth-order valence-corrected chi connectivity index (χ4v) is 15.3. The van der Waals surface area contributed by atoms with E-state index in [2.05, 4.69) is 33.9 Å². The van der Waals surface area contributed by atoms with Gasteiger partial charge >= 0.3 is 23.0 Å². The molecule has 1 heterocycles. The fourth-order valence-electron chi connectivity index (χ4n) is 6.24. The Balaban J connectivity index is 0.000000336. The zero-order valence-electron chi connectivity index (χ0n) is 48.8. The molecule has 0 N–H and O–H groups in total. The lowest BCUT2D eigenvalue weighted by atomic mass is 10.2. The Bertz CT molecular complexity index is 2800. The third-order valence-electron chi connectivity index (χ3n) is 10.5. The summed E-state index contributed by atoms with van der Waals surface area (Å²) in [4.78, 5) is 0. The molecule has 438 valence electrons. The van der Waals surface area contributed by atoms with Gasteiger partial charge in [0.25, 0.3) is 0 Å². The van der Waals surface area contributed by atoms with Crippen molar-refractivity contribution >= 4 is 41.2 Å². The number of methoxy groups -OCH3 is 3. The third kappa shape index (κ3) is 26.7. The number of hydrogen-bond acceptors (Lipinski definition) is 12. The molecule has 0 amide bonds. The highest BCUT2D eigenvalue weighted by Gasteiger charge is 2.49. The van der Waals surface area contributed by atoms with Gasteiger partial charge in [-0.2, -0.15) is 0 Å². The van der Waals surface area contributed by atoms with Crippen LogP contribution in [-0.2, 0) is 14.2 Å². The van der Waals surface area contributed by atoms with E-state index in [9.17, 15) is 0 Å². The van der Waals surface area contributed by atoms with Gasteiger partial charge in [0.05, 0.1) is 0 Å². The molecule has 0 saturated carbocycles. The summed E-state index contributed by atoms with van der Waals surface area (Å²) in [5, 5.41) is 0. The second-order valence-corrected chi connectivity index (χ2v) is 22.9. The van der Waals surface area contributed by atoms with E-state index >= 15 is 0 Å². The van der Waals surface area contributed by atoms with Crippen LogP contribution in [0, 0.1) is 0 Å². The predicted octanol–water partition coefficient (Wildman–Crippen LogP) is 21.3. The minimum atomic E-state index is -3.87. The van der Waals surface area contributed by atoms with Gasteiger partial charge in [-0.15, -0.1) is 0 Å². The second kappa shape index (κ2) is 40.7. The number of para-hydroxylation sites is 6. The number of ether oxygens (including phenoxy) is 3. The molecule has 9 aromatic rings. The van der Waals surface area contributed by atoms with Gasteiger partial charge in [-0.25, -0.2) is 0 Å². The van der Waals surface area contributed by atoms with Crippen molar-refractivity contribution in [3.63, 3.8) is 0 Å². The standard InChI is InChI=1S/C36H30N3O6P3.3C8H8.3C3H8O/c1-7-19-31(20-8-1)40-46(41-32-21-9-2-10-22-32)37-47(42-33-23-11-3-12-24-33,43-34-25-13-4-14-26-34)39-48(38-46,44-35-27-15-5-16-28-35)45-36-29-17-6-18-30-36;3*1-2-8-6-4-3-5-7-8;3*1-3-4-2/h1-30H;3*2-7H,1H2;3*3H2,1-2H3. The van der Waals surface area contributed by atoms with Crippen molar-refractivity contribution in [1.82, 2.24) is 0 Å². The van der Waals surface area contributed by atoms with Crippen LogP contribution in [-0.4, -0.2) is 41.2 Å². The Hall–Kier alpha value is -8.43. The monoisotopic (exact) mass is 1190 g/mol. The Morgan fingerprint density at radius 2 is 0.393 bits per heavy atom. The number of hydrogen-bond donors (Lipinski definition) is 0. The molecule has 15 heteroatoms. The van der Waals surface area contributed by atoms with Gasteiger partial charge < -0.3 is 41.4 Å². The Morgan fingerprint density at radius 3 is 0.500 bits per heavy atom. The fraction of sp³-hybridized carbons (Fsp3) is 0.130. The van der Waals surface area contributed by atoms with Crippen LogP contribution in [0.1, 0.15) is 37.5 Å². The van der Waals surface area contributed by atoms with Crippen LogP contribution in [0.3, 0.4) is 0 Å². The first kappa shape index (κ1) is 68.1. The summed E-state index contributed by atoms with van der Waals surface area (Å²) < 4.78 is 69.6. The van der Waals surface area contributed by atoms with Gasteiger partial charge in [0.2, 0.25) is 0 Å². The van der Waals surface area contributed by atoms with Crippen molar-refractivity contribution in [2.75, 3.05) is 41.2 Å². The SMILES string of the molecule is C=Cc1ccccc1.C=Cc1ccccc1.C=Cc1ccccc1.CCOC.CCOC.CCOC.c1ccc(OP2(Oc3ccccc3)=NP(Oc3ccccc3)(Oc3ccccc3)=NP(Oc3ccccc3)(Oc3ccccc3)=N2)cc1. The summed E-state index contributed by atoms with van der Waals surface area (Å²) in [7, 11) is -6.57. The van der Waals surface area contributed by atoms with E-state index in [0.717, 1.165) is 19.8 Å². The molecule has 1 aliphatic heterocycles. The molecular weight excluding hydrogens is 1110 g/mol. The first-order valence-electron chi connectivity index (χ1n) is 27.0. The van der Waals surface area contributed by atoms with Crippen LogP contribution in [0.4, 0.5) is 0 Å². The van der Waals surface area contributed by atoms with Crippen molar-refractivity contribution in [3.05, 3.63) is 309 Å².